The zero-order valence-electron chi connectivity index (χ0n) is 13.9. The monoisotopic (exact) mass is 339 g/mol. The molecule has 1 aliphatic rings. The van der Waals surface area contributed by atoms with Crippen molar-refractivity contribution in [2.45, 2.75) is 32.0 Å². The van der Waals surface area contributed by atoms with Crippen molar-refractivity contribution in [3.63, 3.8) is 0 Å². The predicted octanol–water partition coefficient (Wildman–Crippen LogP) is 2.59. The van der Waals surface area contributed by atoms with E-state index in [0.717, 1.165) is 12.0 Å². The number of rotatable bonds is 7. The fourth-order valence-corrected chi connectivity index (χ4v) is 3.53. The molecule has 0 saturated carbocycles. The number of ether oxygens (including phenoxy) is 2. The van der Waals surface area contributed by atoms with Gasteiger partial charge in [0.05, 0.1) is 0 Å². The zero-order valence-corrected chi connectivity index (χ0v) is 14.7. The van der Waals surface area contributed by atoms with Gasteiger partial charge in [-0.1, -0.05) is 0 Å². The number of aliphatic hydroxyl groups excluding tert-OH is 1. The molecule has 23 heavy (non-hydrogen) atoms. The Bertz CT molecular complexity index is 527. The molecule has 2 heterocycles. The van der Waals surface area contributed by atoms with Gasteiger partial charge in [-0.05, 0) is 48.2 Å². The van der Waals surface area contributed by atoms with Crippen molar-refractivity contribution < 1.29 is 19.4 Å². The maximum absolute atomic E-state index is 12.3. The number of carbonyl (C=O) groups is 1. The average molecular weight is 339 g/mol. The lowest BCUT2D eigenvalue weighted by molar-refractivity contribution is -0.169. The van der Waals surface area contributed by atoms with Crippen LogP contribution < -0.4 is 0 Å². The van der Waals surface area contributed by atoms with Crippen LogP contribution in [0.1, 0.15) is 31.2 Å². The van der Waals surface area contributed by atoms with Crippen LogP contribution in [0.25, 0.3) is 0 Å². The third-order valence-electron chi connectivity index (χ3n) is 3.96. The lowest BCUT2D eigenvalue weighted by atomic mass is 9.81. The molecule has 3 atom stereocenters. The summed E-state index contributed by atoms with van der Waals surface area (Å²) in [6.45, 7) is 2.57. The standard InChI is InChI=1S/C17H25NO4S/c1-4-21-17-13(6-5-8-19)14(12-7-9-23-11-12)10-15(22-17)16(20)18(2)3/h7,9-11,13-14,17,19H,4-6,8H2,1-3H3/t13-,14+,17+/m1/s1. The molecule has 6 heteroatoms. The minimum absolute atomic E-state index is 0.0528. The molecule has 0 saturated heterocycles. The maximum atomic E-state index is 12.3. The number of allylic oxidation sites excluding steroid dienone is 1. The van der Waals surface area contributed by atoms with Crippen LogP contribution in [-0.2, 0) is 14.3 Å². The number of nitrogens with zero attached hydrogens (tertiary/aromatic N) is 1. The van der Waals surface area contributed by atoms with E-state index in [9.17, 15) is 9.90 Å². The Hall–Kier alpha value is -1.37. The average Bonchev–Trinajstić information content (AvgIpc) is 3.06. The molecule has 2 rings (SSSR count). The Kier molecular flexibility index (Phi) is 6.62. The Morgan fingerprint density at radius 1 is 1.48 bits per heavy atom. The zero-order chi connectivity index (χ0) is 16.8. The Labute approximate surface area is 141 Å². The summed E-state index contributed by atoms with van der Waals surface area (Å²) in [4.78, 5) is 13.8. The molecule has 0 spiro atoms. The van der Waals surface area contributed by atoms with Crippen molar-refractivity contribution >= 4 is 17.2 Å². The summed E-state index contributed by atoms with van der Waals surface area (Å²) in [7, 11) is 3.42. The van der Waals surface area contributed by atoms with Crippen LogP contribution in [0.4, 0.5) is 0 Å². The lowest BCUT2D eigenvalue weighted by Gasteiger charge is -2.37. The van der Waals surface area contributed by atoms with Gasteiger partial charge in [0.15, 0.2) is 5.76 Å². The molecule has 0 unspecified atom stereocenters. The molecule has 0 radical (unpaired) electrons. The van der Waals surface area contributed by atoms with Crippen LogP contribution in [-0.4, -0.2) is 49.5 Å². The molecule has 1 N–H and O–H groups in total. The van der Waals surface area contributed by atoms with E-state index in [2.05, 4.69) is 11.4 Å². The van der Waals surface area contributed by atoms with Gasteiger partial charge in [0, 0.05) is 39.1 Å². The van der Waals surface area contributed by atoms with Crippen LogP contribution in [0.3, 0.4) is 0 Å². The molecule has 0 bridgehead atoms. The van der Waals surface area contributed by atoms with Crippen LogP contribution >= 0.6 is 11.3 Å². The van der Waals surface area contributed by atoms with Crippen LogP contribution in [0.15, 0.2) is 28.7 Å². The number of thiophene rings is 1. The highest BCUT2D eigenvalue weighted by Gasteiger charge is 2.38. The van der Waals surface area contributed by atoms with E-state index >= 15 is 0 Å². The highest BCUT2D eigenvalue weighted by atomic mass is 32.1. The van der Waals surface area contributed by atoms with Crippen molar-refractivity contribution in [1.29, 1.82) is 0 Å². The van der Waals surface area contributed by atoms with E-state index in [0.29, 0.717) is 18.8 Å². The highest BCUT2D eigenvalue weighted by Crippen LogP contribution is 2.40. The second kappa shape index (κ2) is 8.47. The van der Waals surface area contributed by atoms with Gasteiger partial charge >= 0.3 is 0 Å². The van der Waals surface area contributed by atoms with Crippen molar-refractivity contribution in [3.8, 4) is 0 Å². The highest BCUT2D eigenvalue weighted by molar-refractivity contribution is 7.08. The maximum Gasteiger partial charge on any atom is 0.288 e. The quantitative estimate of drug-likeness (QED) is 0.829. The van der Waals surface area contributed by atoms with E-state index in [1.165, 1.54) is 4.90 Å². The van der Waals surface area contributed by atoms with Gasteiger partial charge in [0.25, 0.3) is 5.91 Å². The van der Waals surface area contributed by atoms with Crippen molar-refractivity contribution in [3.05, 3.63) is 34.2 Å². The van der Waals surface area contributed by atoms with Gasteiger partial charge in [-0.15, -0.1) is 0 Å². The number of hydrogen-bond acceptors (Lipinski definition) is 5. The second-order valence-electron chi connectivity index (χ2n) is 5.78. The molecular weight excluding hydrogens is 314 g/mol. The molecule has 1 amide bonds. The summed E-state index contributed by atoms with van der Waals surface area (Å²) in [5.41, 5.74) is 1.16. The van der Waals surface area contributed by atoms with E-state index in [1.54, 1.807) is 25.4 Å². The van der Waals surface area contributed by atoms with Crippen LogP contribution in [0, 0.1) is 5.92 Å². The minimum atomic E-state index is -0.472. The number of carbonyl (C=O) groups excluding carboxylic acids is 1. The Morgan fingerprint density at radius 3 is 2.83 bits per heavy atom. The van der Waals surface area contributed by atoms with E-state index in [-0.39, 0.29) is 24.3 Å². The number of hydrogen-bond donors (Lipinski definition) is 1. The third-order valence-corrected chi connectivity index (χ3v) is 4.66. The van der Waals surface area contributed by atoms with Crippen LogP contribution in [0.5, 0.6) is 0 Å². The van der Waals surface area contributed by atoms with Gasteiger partial charge in [-0.25, -0.2) is 0 Å². The summed E-state index contributed by atoms with van der Waals surface area (Å²) in [5, 5.41) is 13.3. The molecular formula is C17H25NO4S. The molecule has 1 aromatic rings. The summed E-state index contributed by atoms with van der Waals surface area (Å²) >= 11 is 1.63. The normalized spacial score (nSPS) is 24.0. The minimum Gasteiger partial charge on any atom is -0.459 e. The third kappa shape index (κ3) is 4.34. The Morgan fingerprint density at radius 2 is 2.26 bits per heavy atom. The molecule has 128 valence electrons. The predicted molar refractivity (Wildman–Crippen MR) is 90.1 cm³/mol. The fourth-order valence-electron chi connectivity index (χ4n) is 2.82. The van der Waals surface area contributed by atoms with E-state index in [4.69, 9.17) is 9.47 Å². The molecule has 1 aliphatic heterocycles. The smallest absolute Gasteiger partial charge is 0.288 e. The second-order valence-corrected chi connectivity index (χ2v) is 6.56. The molecule has 0 fully saturated rings. The first-order chi connectivity index (χ1) is 11.1. The number of aliphatic hydroxyl groups is 1. The molecule has 0 aromatic carbocycles. The first-order valence-electron chi connectivity index (χ1n) is 7.93. The van der Waals surface area contributed by atoms with Gasteiger partial charge in [-0.2, -0.15) is 11.3 Å². The number of likely N-dealkylation sites (N-methyl/N-ethyl adjacent to an activating group) is 1. The van der Waals surface area contributed by atoms with Gasteiger partial charge < -0.3 is 19.5 Å². The van der Waals surface area contributed by atoms with E-state index in [1.807, 2.05) is 18.4 Å². The largest absolute Gasteiger partial charge is 0.459 e. The lowest BCUT2D eigenvalue weighted by Crippen LogP contribution is -2.38. The fraction of sp³-hybridized carbons (Fsp3) is 0.588. The van der Waals surface area contributed by atoms with Gasteiger partial charge in [0.1, 0.15) is 0 Å². The number of amides is 1. The van der Waals surface area contributed by atoms with Crippen molar-refractivity contribution in [2.24, 2.45) is 5.92 Å². The van der Waals surface area contributed by atoms with Crippen molar-refractivity contribution in [1.82, 2.24) is 4.90 Å². The van der Waals surface area contributed by atoms with Crippen LogP contribution in [0.2, 0.25) is 0 Å². The summed E-state index contributed by atoms with van der Waals surface area (Å²) < 4.78 is 11.6. The Balaban J connectivity index is 2.35. The van der Waals surface area contributed by atoms with E-state index < -0.39 is 6.29 Å². The summed E-state index contributed by atoms with van der Waals surface area (Å²) in [6, 6.07) is 2.07. The summed E-state index contributed by atoms with van der Waals surface area (Å²) in [5.74, 6) is 0.313. The topological polar surface area (TPSA) is 59.0 Å². The SMILES string of the molecule is CCO[C@H]1OC(C(=O)N(C)C)=C[C@@H](c2ccsc2)[C@H]1CCCO. The van der Waals surface area contributed by atoms with Crippen molar-refractivity contribution in [2.75, 3.05) is 27.3 Å². The molecule has 5 nitrogen and oxygen atoms in total. The van der Waals surface area contributed by atoms with Gasteiger partial charge in [0.2, 0.25) is 6.29 Å². The first kappa shape index (κ1) is 18.0. The first-order valence-corrected chi connectivity index (χ1v) is 8.87. The van der Waals surface area contributed by atoms with Gasteiger partial charge in [-0.3, -0.25) is 4.79 Å². The molecule has 0 aliphatic carbocycles. The summed E-state index contributed by atoms with van der Waals surface area (Å²) in [6.07, 6.45) is 2.90. The molecule has 1 aromatic heterocycles.